The van der Waals surface area contributed by atoms with Crippen LogP contribution in [0.1, 0.15) is 31.5 Å². The Morgan fingerprint density at radius 2 is 2.28 bits per heavy atom. The van der Waals surface area contributed by atoms with Crippen molar-refractivity contribution >= 4 is 0 Å². The molecule has 1 N–H and O–H groups in total. The quantitative estimate of drug-likeness (QED) is 0.856. The molecule has 2 heterocycles. The molecule has 6 heteroatoms. The highest BCUT2D eigenvalue weighted by molar-refractivity contribution is 5.06. The number of aromatic nitrogens is 2. The summed E-state index contributed by atoms with van der Waals surface area (Å²) in [6.45, 7) is 7.80. The van der Waals surface area contributed by atoms with Crippen LogP contribution in [0, 0.1) is 12.7 Å². The van der Waals surface area contributed by atoms with E-state index in [2.05, 4.69) is 28.7 Å². The molecule has 1 aromatic rings. The SMILES string of the molecule is Cc1nc(C2CN(C(C)C)CCO2)[nH]c(=O)c1F. The van der Waals surface area contributed by atoms with Crippen molar-refractivity contribution in [3.8, 4) is 0 Å². The second-order valence-electron chi connectivity index (χ2n) is 4.80. The van der Waals surface area contributed by atoms with Crippen LogP contribution >= 0.6 is 0 Å². The van der Waals surface area contributed by atoms with Gasteiger partial charge < -0.3 is 9.72 Å². The summed E-state index contributed by atoms with van der Waals surface area (Å²) < 4.78 is 18.8. The van der Waals surface area contributed by atoms with Crippen molar-refractivity contribution in [2.75, 3.05) is 19.7 Å². The maximum Gasteiger partial charge on any atom is 0.287 e. The van der Waals surface area contributed by atoms with Crippen LogP contribution in [0.3, 0.4) is 0 Å². The molecule has 5 nitrogen and oxygen atoms in total. The van der Waals surface area contributed by atoms with Gasteiger partial charge in [-0.3, -0.25) is 9.69 Å². The number of hydrogen-bond acceptors (Lipinski definition) is 4. The Kier molecular flexibility index (Phi) is 3.77. The van der Waals surface area contributed by atoms with Gasteiger partial charge in [0.2, 0.25) is 5.82 Å². The smallest absolute Gasteiger partial charge is 0.287 e. The Hall–Kier alpha value is -1.27. The van der Waals surface area contributed by atoms with Gasteiger partial charge in [-0.15, -0.1) is 0 Å². The summed E-state index contributed by atoms with van der Waals surface area (Å²) in [6, 6.07) is 0.407. The zero-order chi connectivity index (χ0) is 13.3. The molecule has 1 atom stereocenters. The molecule has 2 rings (SSSR count). The lowest BCUT2D eigenvalue weighted by Crippen LogP contribution is -2.43. The number of nitrogens with one attached hydrogen (secondary N) is 1. The number of nitrogens with zero attached hydrogens (tertiary/aromatic N) is 2. The first-order valence-electron chi connectivity index (χ1n) is 6.11. The van der Waals surface area contributed by atoms with Crippen LogP contribution < -0.4 is 5.56 Å². The first-order valence-corrected chi connectivity index (χ1v) is 6.11. The molecule has 1 saturated heterocycles. The van der Waals surface area contributed by atoms with Gasteiger partial charge in [0.25, 0.3) is 5.56 Å². The standard InChI is InChI=1S/C12H18FN3O2/c1-7(2)16-4-5-18-9(6-16)11-14-8(3)10(13)12(17)15-11/h7,9H,4-6H2,1-3H3,(H,14,15,17). The lowest BCUT2D eigenvalue weighted by molar-refractivity contribution is -0.0445. The first kappa shape index (κ1) is 13.2. The van der Waals surface area contributed by atoms with E-state index < -0.39 is 11.4 Å². The number of halogens is 1. The molecular weight excluding hydrogens is 237 g/mol. The van der Waals surface area contributed by atoms with E-state index in [1.165, 1.54) is 6.92 Å². The second-order valence-corrected chi connectivity index (χ2v) is 4.80. The summed E-state index contributed by atoms with van der Waals surface area (Å²) in [5.74, 6) is -0.417. The molecule has 1 aliphatic heterocycles. The van der Waals surface area contributed by atoms with Crippen molar-refractivity contribution < 1.29 is 9.13 Å². The third-order valence-corrected chi connectivity index (χ3v) is 3.18. The van der Waals surface area contributed by atoms with Gasteiger partial charge in [-0.25, -0.2) is 4.98 Å². The molecule has 0 radical (unpaired) electrons. The van der Waals surface area contributed by atoms with Gasteiger partial charge >= 0.3 is 0 Å². The van der Waals surface area contributed by atoms with Crippen molar-refractivity contribution in [1.29, 1.82) is 0 Å². The first-order chi connectivity index (χ1) is 8.49. The van der Waals surface area contributed by atoms with E-state index in [-0.39, 0.29) is 11.8 Å². The van der Waals surface area contributed by atoms with Gasteiger partial charge in [0.1, 0.15) is 11.9 Å². The monoisotopic (exact) mass is 255 g/mol. The minimum absolute atomic E-state index is 0.110. The molecule has 1 fully saturated rings. The lowest BCUT2D eigenvalue weighted by Gasteiger charge is -2.34. The number of rotatable bonds is 2. The molecule has 1 aromatic heterocycles. The molecule has 0 bridgehead atoms. The fourth-order valence-corrected chi connectivity index (χ4v) is 2.05. The van der Waals surface area contributed by atoms with Crippen molar-refractivity contribution in [3.05, 3.63) is 27.7 Å². The Morgan fingerprint density at radius 1 is 1.56 bits per heavy atom. The Bertz CT molecular complexity index is 487. The van der Waals surface area contributed by atoms with Gasteiger partial charge in [0.05, 0.1) is 12.3 Å². The zero-order valence-electron chi connectivity index (χ0n) is 10.9. The van der Waals surface area contributed by atoms with E-state index in [1.807, 2.05) is 0 Å². The van der Waals surface area contributed by atoms with Crippen LogP contribution in [0.2, 0.25) is 0 Å². The van der Waals surface area contributed by atoms with E-state index in [1.54, 1.807) is 0 Å². The number of H-pyrrole nitrogens is 1. The van der Waals surface area contributed by atoms with E-state index in [9.17, 15) is 9.18 Å². The number of morpholine rings is 1. The zero-order valence-corrected chi connectivity index (χ0v) is 10.9. The van der Waals surface area contributed by atoms with Crippen LogP contribution in [-0.2, 0) is 4.74 Å². The minimum Gasteiger partial charge on any atom is -0.368 e. The van der Waals surface area contributed by atoms with E-state index in [0.29, 0.717) is 25.0 Å². The van der Waals surface area contributed by atoms with Crippen LogP contribution in [0.25, 0.3) is 0 Å². The van der Waals surface area contributed by atoms with Gasteiger partial charge in [-0.2, -0.15) is 4.39 Å². The summed E-state index contributed by atoms with van der Waals surface area (Å²) in [5.41, 5.74) is -0.623. The molecule has 0 spiro atoms. The van der Waals surface area contributed by atoms with Crippen LogP contribution in [0.15, 0.2) is 4.79 Å². The van der Waals surface area contributed by atoms with Crippen LogP contribution in [-0.4, -0.2) is 40.6 Å². The lowest BCUT2D eigenvalue weighted by atomic mass is 10.2. The number of aromatic amines is 1. The Morgan fingerprint density at radius 3 is 2.89 bits per heavy atom. The highest BCUT2D eigenvalue weighted by Crippen LogP contribution is 2.20. The Balaban J connectivity index is 2.24. The maximum absolute atomic E-state index is 13.2. The highest BCUT2D eigenvalue weighted by atomic mass is 19.1. The summed E-state index contributed by atoms with van der Waals surface area (Å²) >= 11 is 0. The molecular formula is C12H18FN3O2. The van der Waals surface area contributed by atoms with Gasteiger partial charge in [-0.1, -0.05) is 0 Å². The normalized spacial score (nSPS) is 21.5. The van der Waals surface area contributed by atoms with Crippen molar-refractivity contribution in [1.82, 2.24) is 14.9 Å². The molecule has 1 unspecified atom stereocenters. The highest BCUT2D eigenvalue weighted by Gasteiger charge is 2.26. The van der Waals surface area contributed by atoms with Crippen molar-refractivity contribution in [3.63, 3.8) is 0 Å². The van der Waals surface area contributed by atoms with Crippen molar-refractivity contribution in [2.45, 2.75) is 32.9 Å². The molecule has 100 valence electrons. The van der Waals surface area contributed by atoms with Gasteiger partial charge in [0, 0.05) is 19.1 Å². The molecule has 0 aliphatic carbocycles. The second kappa shape index (κ2) is 5.16. The third kappa shape index (κ3) is 2.59. The summed E-state index contributed by atoms with van der Waals surface area (Å²) in [4.78, 5) is 20.1. The minimum atomic E-state index is -0.824. The number of aryl methyl sites for hydroxylation is 1. The van der Waals surface area contributed by atoms with Crippen LogP contribution in [0.5, 0.6) is 0 Å². The molecule has 18 heavy (non-hydrogen) atoms. The van der Waals surface area contributed by atoms with E-state index in [0.717, 1.165) is 6.54 Å². The fraction of sp³-hybridized carbons (Fsp3) is 0.667. The fourth-order valence-electron chi connectivity index (χ4n) is 2.05. The summed E-state index contributed by atoms with van der Waals surface area (Å²) in [6.07, 6.45) is -0.298. The number of ether oxygens (including phenoxy) is 1. The average Bonchev–Trinajstić information content (AvgIpc) is 2.35. The predicted octanol–water partition coefficient (Wildman–Crippen LogP) is 0.999. The Labute approximate surface area is 105 Å². The predicted molar refractivity (Wildman–Crippen MR) is 65.0 cm³/mol. The maximum atomic E-state index is 13.2. The molecule has 1 aliphatic rings. The van der Waals surface area contributed by atoms with Gasteiger partial charge in [-0.05, 0) is 20.8 Å². The summed E-state index contributed by atoms with van der Waals surface area (Å²) in [7, 11) is 0. The largest absolute Gasteiger partial charge is 0.368 e. The topological polar surface area (TPSA) is 58.2 Å². The number of hydrogen-bond donors (Lipinski definition) is 1. The third-order valence-electron chi connectivity index (χ3n) is 3.18. The average molecular weight is 255 g/mol. The molecule has 0 saturated carbocycles. The van der Waals surface area contributed by atoms with Crippen LogP contribution in [0.4, 0.5) is 4.39 Å². The van der Waals surface area contributed by atoms with Crippen molar-refractivity contribution in [2.24, 2.45) is 0 Å². The molecule has 0 amide bonds. The van der Waals surface area contributed by atoms with E-state index in [4.69, 9.17) is 4.74 Å². The summed E-state index contributed by atoms with van der Waals surface area (Å²) in [5, 5.41) is 0. The van der Waals surface area contributed by atoms with E-state index >= 15 is 0 Å². The van der Waals surface area contributed by atoms with Gasteiger partial charge in [0.15, 0.2) is 0 Å². The molecule has 0 aromatic carbocycles.